The van der Waals surface area contributed by atoms with E-state index in [1.165, 1.54) is 283 Å². The van der Waals surface area contributed by atoms with Crippen molar-refractivity contribution in [2.75, 3.05) is 13.2 Å². The first-order chi connectivity index (χ1) is 38.5. The Morgan fingerprint density at radius 3 is 1.03 bits per heavy atom. The number of aliphatic hydroxyl groups excluding tert-OH is 2. The number of hydrogen-bond donors (Lipinski definition) is 3. The Kier molecular flexibility index (Phi) is 65.4. The highest BCUT2D eigenvalue weighted by Crippen LogP contribution is 2.18. The van der Waals surface area contributed by atoms with Crippen LogP contribution < -0.4 is 5.32 Å². The lowest BCUT2D eigenvalue weighted by atomic mass is 10.0. The number of hydrogen-bond acceptors (Lipinski definition) is 5. The molecule has 0 aliphatic rings. The first kappa shape index (κ1) is 75.8. The minimum absolute atomic E-state index is 0.00333. The molecule has 0 aromatic rings. The minimum Gasteiger partial charge on any atom is -0.466 e. The van der Waals surface area contributed by atoms with Crippen molar-refractivity contribution >= 4 is 11.9 Å². The molecule has 2 atom stereocenters. The Labute approximate surface area is 486 Å². The molecule has 0 spiro atoms. The van der Waals surface area contributed by atoms with Gasteiger partial charge in [0.05, 0.1) is 25.4 Å². The van der Waals surface area contributed by atoms with Gasteiger partial charge in [-0.2, -0.15) is 0 Å². The predicted molar refractivity (Wildman–Crippen MR) is 342 cm³/mol. The van der Waals surface area contributed by atoms with E-state index in [0.29, 0.717) is 25.9 Å². The molecule has 0 fully saturated rings. The van der Waals surface area contributed by atoms with Crippen LogP contribution in [0.1, 0.15) is 373 Å². The number of nitrogens with one attached hydrogen (secondary N) is 1. The summed E-state index contributed by atoms with van der Waals surface area (Å²) in [6.45, 7) is 4.91. The lowest BCUT2D eigenvalue weighted by Crippen LogP contribution is -2.45. The predicted octanol–water partition coefficient (Wildman–Crippen LogP) is 22.5. The van der Waals surface area contributed by atoms with Crippen LogP contribution in [0.2, 0.25) is 0 Å². The van der Waals surface area contributed by atoms with Crippen LogP contribution in [-0.2, 0) is 14.3 Å². The third kappa shape index (κ3) is 63.0. The third-order valence-corrected chi connectivity index (χ3v) is 16.1. The number of ether oxygens (including phenoxy) is 1. The van der Waals surface area contributed by atoms with E-state index in [1.54, 1.807) is 0 Å². The number of unbranched alkanes of at least 4 members (excludes halogenated alkanes) is 46. The number of aliphatic hydroxyl groups is 2. The Bertz CT molecular complexity index is 1310. The molecular weight excluding hydrogens is 959 g/mol. The Hall–Kier alpha value is -2.18. The van der Waals surface area contributed by atoms with Crippen LogP contribution in [0.5, 0.6) is 0 Å². The Balaban J connectivity index is 3.41. The van der Waals surface area contributed by atoms with Gasteiger partial charge in [-0.1, -0.05) is 326 Å². The standard InChI is InChI=1S/C72H135NO5/c1-3-5-7-9-11-13-15-17-18-19-31-34-37-41-44-48-52-56-60-64-70(75)69(68-74)73-71(76)65-61-57-53-49-45-42-38-35-32-29-27-25-23-21-20-22-24-26-28-30-33-36-39-43-47-51-55-59-63-67-78-72(77)66-62-58-54-50-46-40-16-14-12-10-8-6-4-2/h8,10,14,16,20,22,26,28,69-70,74-75H,3-7,9,11-13,15,17-19,21,23-25,27,29-68H2,1-2H3,(H,73,76)/b10-8-,16-14-,22-20-,28-26-. The van der Waals surface area contributed by atoms with Crippen LogP contribution in [0.25, 0.3) is 0 Å². The van der Waals surface area contributed by atoms with Gasteiger partial charge in [-0.3, -0.25) is 9.59 Å². The van der Waals surface area contributed by atoms with E-state index in [1.807, 2.05) is 0 Å². The van der Waals surface area contributed by atoms with Crippen LogP contribution in [0.4, 0.5) is 0 Å². The van der Waals surface area contributed by atoms with E-state index in [4.69, 9.17) is 4.74 Å². The number of amides is 1. The average molecular weight is 1090 g/mol. The molecule has 3 N–H and O–H groups in total. The van der Waals surface area contributed by atoms with Gasteiger partial charge in [-0.25, -0.2) is 0 Å². The van der Waals surface area contributed by atoms with Gasteiger partial charge < -0.3 is 20.3 Å². The van der Waals surface area contributed by atoms with E-state index in [-0.39, 0.29) is 18.5 Å². The maximum atomic E-state index is 12.5. The van der Waals surface area contributed by atoms with Gasteiger partial charge in [0.25, 0.3) is 0 Å². The van der Waals surface area contributed by atoms with Crippen molar-refractivity contribution in [3.05, 3.63) is 48.6 Å². The van der Waals surface area contributed by atoms with Crippen molar-refractivity contribution in [2.24, 2.45) is 0 Å². The molecular formula is C72H135NO5. The second kappa shape index (κ2) is 67.3. The number of esters is 1. The lowest BCUT2D eigenvalue weighted by Gasteiger charge is -2.22. The molecule has 0 bridgehead atoms. The number of carbonyl (C=O) groups excluding carboxylic acids is 2. The van der Waals surface area contributed by atoms with Gasteiger partial charge in [0.2, 0.25) is 5.91 Å². The van der Waals surface area contributed by atoms with E-state index < -0.39 is 12.1 Å². The highest BCUT2D eigenvalue weighted by atomic mass is 16.5. The fourth-order valence-electron chi connectivity index (χ4n) is 10.8. The highest BCUT2D eigenvalue weighted by molar-refractivity contribution is 5.76. The third-order valence-electron chi connectivity index (χ3n) is 16.1. The summed E-state index contributed by atoms with van der Waals surface area (Å²) in [6, 6.07) is -0.544. The molecule has 0 aliphatic heterocycles. The Morgan fingerprint density at radius 1 is 0.359 bits per heavy atom. The van der Waals surface area contributed by atoms with Crippen LogP contribution in [0.15, 0.2) is 48.6 Å². The zero-order chi connectivity index (χ0) is 56.4. The molecule has 2 unspecified atom stereocenters. The number of allylic oxidation sites excluding steroid dienone is 8. The molecule has 0 aliphatic carbocycles. The van der Waals surface area contributed by atoms with Crippen molar-refractivity contribution < 1.29 is 24.5 Å². The lowest BCUT2D eigenvalue weighted by molar-refractivity contribution is -0.143. The van der Waals surface area contributed by atoms with Gasteiger partial charge in [0.1, 0.15) is 0 Å². The fraction of sp³-hybridized carbons (Fsp3) is 0.861. The van der Waals surface area contributed by atoms with E-state index in [0.717, 1.165) is 57.8 Å². The van der Waals surface area contributed by atoms with Crippen LogP contribution >= 0.6 is 0 Å². The summed E-state index contributed by atoms with van der Waals surface area (Å²) in [5.41, 5.74) is 0. The van der Waals surface area contributed by atoms with Crippen molar-refractivity contribution in [1.29, 1.82) is 0 Å². The van der Waals surface area contributed by atoms with Gasteiger partial charge in [-0.05, 0) is 83.5 Å². The normalized spacial score (nSPS) is 12.8. The van der Waals surface area contributed by atoms with Crippen molar-refractivity contribution in [1.82, 2.24) is 5.32 Å². The monoisotopic (exact) mass is 1090 g/mol. The molecule has 6 nitrogen and oxygen atoms in total. The van der Waals surface area contributed by atoms with E-state index in [9.17, 15) is 19.8 Å². The van der Waals surface area contributed by atoms with E-state index in [2.05, 4.69) is 67.8 Å². The quantitative estimate of drug-likeness (QED) is 0.0320. The molecule has 1 amide bonds. The van der Waals surface area contributed by atoms with Crippen molar-refractivity contribution in [3.63, 3.8) is 0 Å². The topological polar surface area (TPSA) is 95.9 Å². The molecule has 0 saturated carbocycles. The highest BCUT2D eigenvalue weighted by Gasteiger charge is 2.20. The maximum absolute atomic E-state index is 12.5. The molecule has 0 aromatic heterocycles. The second-order valence-electron chi connectivity index (χ2n) is 23.9. The summed E-state index contributed by atoms with van der Waals surface area (Å²) in [4.78, 5) is 24.6. The zero-order valence-electron chi connectivity index (χ0n) is 52.4. The largest absolute Gasteiger partial charge is 0.466 e. The molecule has 0 aromatic carbocycles. The van der Waals surface area contributed by atoms with Gasteiger partial charge >= 0.3 is 5.97 Å². The molecule has 6 heteroatoms. The van der Waals surface area contributed by atoms with Crippen LogP contribution in [0, 0.1) is 0 Å². The van der Waals surface area contributed by atoms with Crippen LogP contribution in [-0.4, -0.2) is 47.4 Å². The molecule has 0 radical (unpaired) electrons. The summed E-state index contributed by atoms with van der Waals surface area (Å²) in [6.07, 6.45) is 87.3. The summed E-state index contributed by atoms with van der Waals surface area (Å²) in [7, 11) is 0. The second-order valence-corrected chi connectivity index (χ2v) is 23.9. The van der Waals surface area contributed by atoms with Gasteiger partial charge in [-0.15, -0.1) is 0 Å². The summed E-state index contributed by atoms with van der Waals surface area (Å²) in [5, 5.41) is 23.4. The fourth-order valence-corrected chi connectivity index (χ4v) is 10.8. The molecule has 458 valence electrons. The van der Waals surface area contributed by atoms with Crippen molar-refractivity contribution in [3.8, 4) is 0 Å². The summed E-state index contributed by atoms with van der Waals surface area (Å²) in [5.74, 6) is -0.0363. The Morgan fingerprint density at radius 2 is 0.667 bits per heavy atom. The molecule has 0 heterocycles. The SMILES string of the molecule is CCC/C=C\C/C=C\CCCCCCCC(=O)OCCCCCCCCCCC/C=C\C/C=C\CCCCCCCCCCCCCCCC(=O)NC(CO)C(O)CCCCCCCCCCCCCCCCCCCCC. The first-order valence-electron chi connectivity index (χ1n) is 34.9. The van der Waals surface area contributed by atoms with Crippen molar-refractivity contribution in [2.45, 2.75) is 386 Å². The maximum Gasteiger partial charge on any atom is 0.305 e. The number of rotatable bonds is 65. The van der Waals surface area contributed by atoms with E-state index >= 15 is 0 Å². The van der Waals surface area contributed by atoms with Crippen LogP contribution in [0.3, 0.4) is 0 Å². The summed E-state index contributed by atoms with van der Waals surface area (Å²) >= 11 is 0. The molecule has 78 heavy (non-hydrogen) atoms. The average Bonchev–Trinajstić information content (AvgIpc) is 3.44. The molecule has 0 rings (SSSR count). The number of carbonyl (C=O) groups is 2. The van der Waals surface area contributed by atoms with Gasteiger partial charge in [0, 0.05) is 12.8 Å². The van der Waals surface area contributed by atoms with Gasteiger partial charge in [0.15, 0.2) is 0 Å². The molecule has 0 saturated heterocycles. The summed E-state index contributed by atoms with van der Waals surface area (Å²) < 4.78 is 5.47. The zero-order valence-corrected chi connectivity index (χ0v) is 52.4. The first-order valence-corrected chi connectivity index (χ1v) is 34.9. The minimum atomic E-state index is -0.666. The smallest absolute Gasteiger partial charge is 0.305 e.